The molecule has 0 amide bonds. The lowest BCUT2D eigenvalue weighted by molar-refractivity contribution is 0.167. The van der Waals surface area contributed by atoms with Gasteiger partial charge in [-0.15, -0.1) is 0 Å². The van der Waals surface area contributed by atoms with Crippen LogP contribution in [0.25, 0.3) is 0 Å². The predicted molar refractivity (Wildman–Crippen MR) is 96.1 cm³/mol. The molecule has 0 radical (unpaired) electrons. The highest BCUT2D eigenvalue weighted by Crippen LogP contribution is 2.23. The van der Waals surface area contributed by atoms with Crippen LogP contribution in [0.15, 0.2) is 30.3 Å². The number of nitrogens with two attached hydrogens (primary N) is 1. The van der Waals surface area contributed by atoms with Crippen molar-refractivity contribution in [1.29, 1.82) is 0 Å². The second-order valence-electron chi connectivity index (χ2n) is 6.84. The van der Waals surface area contributed by atoms with Crippen molar-refractivity contribution in [3.8, 4) is 0 Å². The molecule has 1 aliphatic heterocycles. The van der Waals surface area contributed by atoms with Crippen molar-refractivity contribution in [1.82, 2.24) is 4.90 Å². The van der Waals surface area contributed by atoms with E-state index in [0.29, 0.717) is 12.2 Å². The minimum atomic E-state index is -1.17. The first-order valence-corrected chi connectivity index (χ1v) is 9.03. The van der Waals surface area contributed by atoms with E-state index in [0.717, 1.165) is 45.3 Å². The summed E-state index contributed by atoms with van der Waals surface area (Å²) in [5.74, 6) is 0.627. The molecule has 1 unspecified atom stereocenters. The van der Waals surface area contributed by atoms with Crippen molar-refractivity contribution in [2.24, 2.45) is 11.7 Å². The van der Waals surface area contributed by atoms with Crippen molar-refractivity contribution in [3.63, 3.8) is 0 Å². The summed E-state index contributed by atoms with van der Waals surface area (Å²) in [6, 6.07) is 10.9. The summed E-state index contributed by atoms with van der Waals surface area (Å²) < 4.78 is 0. The van der Waals surface area contributed by atoms with Crippen molar-refractivity contribution in [2.45, 2.75) is 50.9 Å². The molecule has 23 heavy (non-hydrogen) atoms. The number of hydrogen-bond acceptors (Lipinski definition) is 4. The molecule has 0 saturated carbocycles. The van der Waals surface area contributed by atoms with Crippen LogP contribution in [0.2, 0.25) is 6.32 Å². The van der Waals surface area contributed by atoms with E-state index < -0.39 is 7.12 Å². The van der Waals surface area contributed by atoms with Crippen LogP contribution in [0.3, 0.4) is 0 Å². The van der Waals surface area contributed by atoms with Gasteiger partial charge >= 0.3 is 7.12 Å². The molecule has 1 aliphatic rings. The molecule has 0 aromatic heterocycles. The molecule has 0 aliphatic carbocycles. The number of unbranched alkanes of at least 4 members (excludes halogenated alkanes) is 1. The molecular formula is C18H31BN2O2. The predicted octanol–water partition coefficient (Wildman–Crippen LogP) is 1.91. The highest BCUT2D eigenvalue weighted by atomic mass is 16.4. The van der Waals surface area contributed by atoms with E-state index in [-0.39, 0.29) is 6.04 Å². The summed E-state index contributed by atoms with van der Waals surface area (Å²) in [5, 5.41) is 17.7. The van der Waals surface area contributed by atoms with Crippen LogP contribution in [0.1, 0.15) is 37.7 Å². The van der Waals surface area contributed by atoms with E-state index in [1.165, 1.54) is 18.4 Å². The standard InChI is InChI=1S/C18H31BN2O2/c20-18(8-4-5-12-19(22)23)17-10-14-21(15-11-17)13-9-16-6-2-1-3-7-16/h1-3,6-7,17-18,22-23H,4-5,8-15,20H2. The van der Waals surface area contributed by atoms with Gasteiger partial charge in [0, 0.05) is 12.6 Å². The Morgan fingerprint density at radius 3 is 2.48 bits per heavy atom. The fraction of sp³-hybridized carbons (Fsp3) is 0.667. The van der Waals surface area contributed by atoms with Crippen LogP contribution in [0.4, 0.5) is 0 Å². The Bertz CT molecular complexity index is 422. The first-order valence-electron chi connectivity index (χ1n) is 9.03. The Labute approximate surface area is 140 Å². The molecule has 4 N–H and O–H groups in total. The molecule has 128 valence electrons. The van der Waals surface area contributed by atoms with E-state index in [2.05, 4.69) is 35.2 Å². The maximum Gasteiger partial charge on any atom is 0.451 e. The second-order valence-corrected chi connectivity index (χ2v) is 6.84. The Kier molecular flexibility index (Phi) is 8.10. The number of benzene rings is 1. The minimum absolute atomic E-state index is 0.266. The van der Waals surface area contributed by atoms with Crippen LogP contribution < -0.4 is 5.73 Å². The molecule has 1 heterocycles. The van der Waals surface area contributed by atoms with E-state index in [9.17, 15) is 0 Å². The molecule has 4 nitrogen and oxygen atoms in total. The average Bonchev–Trinajstić information content (AvgIpc) is 2.58. The molecule has 1 saturated heterocycles. The van der Waals surface area contributed by atoms with Crippen molar-refractivity contribution < 1.29 is 10.0 Å². The molecule has 2 rings (SSSR count). The smallest absolute Gasteiger partial charge is 0.427 e. The minimum Gasteiger partial charge on any atom is -0.427 e. The number of hydrogen-bond donors (Lipinski definition) is 3. The zero-order valence-electron chi connectivity index (χ0n) is 14.1. The normalized spacial score (nSPS) is 18.0. The largest absolute Gasteiger partial charge is 0.451 e. The zero-order valence-corrected chi connectivity index (χ0v) is 14.1. The lowest BCUT2D eigenvalue weighted by Gasteiger charge is -2.34. The fourth-order valence-corrected chi connectivity index (χ4v) is 3.48. The van der Waals surface area contributed by atoms with Gasteiger partial charge in [0.1, 0.15) is 0 Å². The van der Waals surface area contributed by atoms with Gasteiger partial charge in [-0.2, -0.15) is 0 Å². The van der Waals surface area contributed by atoms with Crippen LogP contribution in [0.5, 0.6) is 0 Å². The van der Waals surface area contributed by atoms with Crippen LogP contribution >= 0.6 is 0 Å². The first kappa shape index (κ1) is 18.5. The SMILES string of the molecule is NC(CCCCB(O)O)C1CCN(CCc2ccccc2)CC1. The average molecular weight is 318 g/mol. The molecule has 1 aromatic rings. The summed E-state index contributed by atoms with van der Waals surface area (Å²) in [5.41, 5.74) is 7.75. The van der Waals surface area contributed by atoms with Gasteiger partial charge < -0.3 is 20.7 Å². The number of piperidine rings is 1. The Balaban J connectivity index is 1.59. The van der Waals surface area contributed by atoms with E-state index >= 15 is 0 Å². The highest BCUT2D eigenvalue weighted by Gasteiger charge is 2.23. The second kappa shape index (κ2) is 10.1. The topological polar surface area (TPSA) is 69.7 Å². The van der Waals surface area contributed by atoms with Gasteiger partial charge in [-0.1, -0.05) is 43.2 Å². The van der Waals surface area contributed by atoms with Crippen molar-refractivity contribution >= 4 is 7.12 Å². The maximum absolute atomic E-state index is 8.85. The van der Waals surface area contributed by atoms with Crippen molar-refractivity contribution in [2.75, 3.05) is 19.6 Å². The van der Waals surface area contributed by atoms with Gasteiger partial charge in [-0.25, -0.2) is 0 Å². The van der Waals surface area contributed by atoms with Gasteiger partial charge in [-0.3, -0.25) is 0 Å². The molecule has 1 atom stereocenters. The summed E-state index contributed by atoms with van der Waals surface area (Å²) in [4.78, 5) is 2.55. The van der Waals surface area contributed by atoms with Gasteiger partial charge in [0.25, 0.3) is 0 Å². The maximum atomic E-state index is 8.85. The summed E-state index contributed by atoms with van der Waals surface area (Å²) >= 11 is 0. The highest BCUT2D eigenvalue weighted by molar-refractivity contribution is 6.40. The summed E-state index contributed by atoms with van der Waals surface area (Å²) in [6.45, 7) is 3.45. The third kappa shape index (κ3) is 7.04. The van der Waals surface area contributed by atoms with E-state index in [1.807, 2.05) is 0 Å². The quantitative estimate of drug-likeness (QED) is 0.480. The monoisotopic (exact) mass is 318 g/mol. The summed E-state index contributed by atoms with van der Waals surface area (Å²) in [6.07, 6.45) is 6.82. The van der Waals surface area contributed by atoms with Gasteiger partial charge in [0.2, 0.25) is 0 Å². The molecule has 1 aromatic carbocycles. The lowest BCUT2D eigenvalue weighted by atomic mass is 9.82. The molecule has 0 spiro atoms. The lowest BCUT2D eigenvalue weighted by Crippen LogP contribution is -2.41. The van der Waals surface area contributed by atoms with E-state index in [1.54, 1.807) is 0 Å². The third-order valence-corrected chi connectivity index (χ3v) is 5.05. The zero-order chi connectivity index (χ0) is 16.5. The molecule has 5 heteroatoms. The Hall–Kier alpha value is -0.875. The molecular weight excluding hydrogens is 287 g/mol. The number of likely N-dealkylation sites (tertiary alicyclic amines) is 1. The van der Waals surface area contributed by atoms with Crippen LogP contribution in [-0.2, 0) is 6.42 Å². The Morgan fingerprint density at radius 2 is 1.83 bits per heavy atom. The summed E-state index contributed by atoms with van der Waals surface area (Å²) in [7, 11) is -1.17. The fourth-order valence-electron chi connectivity index (χ4n) is 3.48. The van der Waals surface area contributed by atoms with E-state index in [4.69, 9.17) is 15.8 Å². The van der Waals surface area contributed by atoms with Gasteiger partial charge in [0.15, 0.2) is 0 Å². The van der Waals surface area contributed by atoms with Crippen LogP contribution in [-0.4, -0.2) is 47.7 Å². The molecule has 1 fully saturated rings. The third-order valence-electron chi connectivity index (χ3n) is 5.05. The number of rotatable bonds is 9. The first-order chi connectivity index (χ1) is 11.1. The van der Waals surface area contributed by atoms with Gasteiger partial charge in [-0.05, 0) is 56.6 Å². The van der Waals surface area contributed by atoms with Crippen LogP contribution in [0, 0.1) is 5.92 Å². The Morgan fingerprint density at radius 1 is 1.13 bits per heavy atom. The van der Waals surface area contributed by atoms with Gasteiger partial charge in [0.05, 0.1) is 0 Å². The van der Waals surface area contributed by atoms with Crippen molar-refractivity contribution in [3.05, 3.63) is 35.9 Å². The number of nitrogens with zero attached hydrogens (tertiary/aromatic N) is 1. The molecule has 0 bridgehead atoms.